The standard InChI is InChI=1S/C25H25N3O3/c1-28-16-18(7-10-23(28)29)20-8-9-21-24(25(20)31-19-5-3-2-4-6-19)27-22(26-21)15-17-11-13-30-14-12-17/h2-10,16-17H,11-15H2,1H3,(H,26,27). The fourth-order valence-electron chi connectivity index (χ4n) is 4.11. The number of benzene rings is 2. The normalized spacial score (nSPS) is 14.7. The highest BCUT2D eigenvalue weighted by Gasteiger charge is 2.20. The first-order valence-electron chi connectivity index (χ1n) is 10.7. The number of para-hydroxylation sites is 1. The van der Waals surface area contributed by atoms with Crippen LogP contribution in [0.2, 0.25) is 0 Å². The number of pyridine rings is 1. The number of nitrogens with zero attached hydrogens (tertiary/aromatic N) is 2. The van der Waals surface area contributed by atoms with E-state index >= 15 is 0 Å². The Morgan fingerprint density at radius 1 is 1.10 bits per heavy atom. The second-order valence-corrected chi connectivity index (χ2v) is 8.06. The summed E-state index contributed by atoms with van der Waals surface area (Å²) in [6.45, 7) is 1.65. The molecule has 4 aromatic rings. The van der Waals surface area contributed by atoms with Gasteiger partial charge in [0.05, 0.1) is 5.52 Å². The molecule has 0 saturated carbocycles. The second-order valence-electron chi connectivity index (χ2n) is 8.06. The van der Waals surface area contributed by atoms with Crippen LogP contribution in [-0.2, 0) is 18.2 Å². The first kappa shape index (κ1) is 19.6. The van der Waals surface area contributed by atoms with E-state index in [4.69, 9.17) is 14.5 Å². The van der Waals surface area contributed by atoms with E-state index in [1.165, 1.54) is 0 Å². The van der Waals surface area contributed by atoms with Gasteiger partial charge in [-0.1, -0.05) is 18.2 Å². The maximum atomic E-state index is 11.9. The number of fused-ring (bicyclic) bond motifs is 1. The Kier molecular flexibility index (Phi) is 5.30. The summed E-state index contributed by atoms with van der Waals surface area (Å²) in [6, 6.07) is 17.2. The molecule has 0 unspecified atom stereocenters. The van der Waals surface area contributed by atoms with Crippen molar-refractivity contribution in [2.24, 2.45) is 13.0 Å². The van der Waals surface area contributed by atoms with Crippen molar-refractivity contribution in [3.8, 4) is 22.6 Å². The van der Waals surface area contributed by atoms with Crippen molar-refractivity contribution in [1.29, 1.82) is 0 Å². The van der Waals surface area contributed by atoms with Gasteiger partial charge in [0.25, 0.3) is 0 Å². The van der Waals surface area contributed by atoms with Crippen LogP contribution in [0.25, 0.3) is 22.2 Å². The number of ether oxygens (including phenoxy) is 2. The zero-order chi connectivity index (χ0) is 21.2. The molecule has 2 aromatic carbocycles. The van der Waals surface area contributed by atoms with Crippen LogP contribution in [0.5, 0.6) is 11.5 Å². The van der Waals surface area contributed by atoms with Gasteiger partial charge in [0.15, 0.2) is 5.75 Å². The number of nitrogens with one attached hydrogen (secondary N) is 1. The van der Waals surface area contributed by atoms with Crippen molar-refractivity contribution in [3.63, 3.8) is 0 Å². The minimum Gasteiger partial charge on any atom is -0.454 e. The summed E-state index contributed by atoms with van der Waals surface area (Å²) in [5.74, 6) is 2.99. The van der Waals surface area contributed by atoms with E-state index in [1.54, 1.807) is 17.7 Å². The molecule has 2 aromatic heterocycles. The number of aromatic nitrogens is 3. The number of aryl methyl sites for hydroxylation is 1. The minimum absolute atomic E-state index is 0.0473. The number of aromatic amines is 1. The Morgan fingerprint density at radius 2 is 1.90 bits per heavy atom. The van der Waals surface area contributed by atoms with Gasteiger partial charge in [0.2, 0.25) is 5.56 Å². The van der Waals surface area contributed by atoms with Crippen LogP contribution in [0.1, 0.15) is 18.7 Å². The number of hydrogen-bond donors (Lipinski definition) is 1. The third-order valence-corrected chi connectivity index (χ3v) is 5.84. The van der Waals surface area contributed by atoms with E-state index in [2.05, 4.69) is 4.98 Å². The van der Waals surface area contributed by atoms with Crippen LogP contribution in [0.15, 0.2) is 65.6 Å². The molecule has 3 heterocycles. The predicted molar refractivity (Wildman–Crippen MR) is 121 cm³/mol. The van der Waals surface area contributed by atoms with E-state index in [-0.39, 0.29) is 5.56 Å². The molecule has 1 saturated heterocycles. The van der Waals surface area contributed by atoms with Crippen molar-refractivity contribution in [3.05, 3.63) is 77.0 Å². The molecule has 0 bridgehead atoms. The molecule has 6 heteroatoms. The molecule has 158 valence electrons. The van der Waals surface area contributed by atoms with Crippen LogP contribution < -0.4 is 10.3 Å². The van der Waals surface area contributed by atoms with Crippen molar-refractivity contribution >= 4 is 11.0 Å². The van der Waals surface area contributed by atoms with Gasteiger partial charge in [0.1, 0.15) is 17.1 Å². The molecule has 6 nitrogen and oxygen atoms in total. The maximum absolute atomic E-state index is 11.9. The molecule has 0 amide bonds. The third kappa shape index (κ3) is 4.11. The second kappa shape index (κ2) is 8.40. The molecule has 1 aliphatic heterocycles. The maximum Gasteiger partial charge on any atom is 0.250 e. The SMILES string of the molecule is Cn1cc(-c2ccc3[nH]c(CC4CCOCC4)nc3c2Oc2ccccc2)ccc1=O. The van der Waals surface area contributed by atoms with Gasteiger partial charge in [-0.05, 0) is 49.1 Å². The third-order valence-electron chi connectivity index (χ3n) is 5.84. The molecule has 0 atom stereocenters. The molecule has 0 radical (unpaired) electrons. The van der Waals surface area contributed by atoms with E-state index in [1.807, 2.05) is 54.7 Å². The first-order valence-corrected chi connectivity index (χ1v) is 10.7. The van der Waals surface area contributed by atoms with Crippen LogP contribution >= 0.6 is 0 Å². The van der Waals surface area contributed by atoms with Gasteiger partial charge in [-0.15, -0.1) is 0 Å². The quantitative estimate of drug-likeness (QED) is 0.513. The fraction of sp³-hybridized carbons (Fsp3) is 0.280. The van der Waals surface area contributed by atoms with Crippen LogP contribution in [0, 0.1) is 5.92 Å². The van der Waals surface area contributed by atoms with Gasteiger partial charge in [-0.25, -0.2) is 4.98 Å². The van der Waals surface area contributed by atoms with Crippen molar-refractivity contribution in [2.45, 2.75) is 19.3 Å². The average molecular weight is 415 g/mol. The molecule has 0 spiro atoms. The lowest BCUT2D eigenvalue weighted by molar-refractivity contribution is 0.0660. The van der Waals surface area contributed by atoms with Crippen LogP contribution in [-0.4, -0.2) is 27.7 Å². The van der Waals surface area contributed by atoms with E-state index in [9.17, 15) is 4.79 Å². The lowest BCUT2D eigenvalue weighted by atomic mass is 9.96. The van der Waals surface area contributed by atoms with Crippen LogP contribution in [0.3, 0.4) is 0 Å². The molecular weight excluding hydrogens is 390 g/mol. The zero-order valence-electron chi connectivity index (χ0n) is 17.5. The van der Waals surface area contributed by atoms with E-state index in [0.717, 1.165) is 66.2 Å². The molecule has 5 rings (SSSR count). The Hall–Kier alpha value is -3.38. The summed E-state index contributed by atoms with van der Waals surface area (Å²) in [5, 5.41) is 0. The molecule has 0 aliphatic carbocycles. The number of rotatable bonds is 5. The number of hydrogen-bond acceptors (Lipinski definition) is 4. The fourth-order valence-corrected chi connectivity index (χ4v) is 4.11. The molecule has 31 heavy (non-hydrogen) atoms. The van der Waals surface area contributed by atoms with Gasteiger partial charge in [-0.3, -0.25) is 4.79 Å². The van der Waals surface area contributed by atoms with E-state index < -0.39 is 0 Å². The van der Waals surface area contributed by atoms with Crippen molar-refractivity contribution < 1.29 is 9.47 Å². The topological polar surface area (TPSA) is 69.1 Å². The summed E-state index contributed by atoms with van der Waals surface area (Å²) in [4.78, 5) is 20.3. The molecular formula is C25H25N3O3. The summed E-state index contributed by atoms with van der Waals surface area (Å²) in [7, 11) is 1.75. The molecule has 1 fully saturated rings. The highest BCUT2D eigenvalue weighted by Crippen LogP contribution is 2.38. The Balaban J connectivity index is 1.60. The summed E-state index contributed by atoms with van der Waals surface area (Å²) >= 11 is 0. The Bertz CT molecular complexity index is 1250. The predicted octanol–water partition coefficient (Wildman–Crippen LogP) is 4.69. The van der Waals surface area contributed by atoms with Crippen LogP contribution in [0.4, 0.5) is 0 Å². The van der Waals surface area contributed by atoms with Gasteiger partial charge >= 0.3 is 0 Å². The summed E-state index contributed by atoms with van der Waals surface area (Å²) < 4.78 is 13.4. The lowest BCUT2D eigenvalue weighted by Gasteiger charge is -2.20. The lowest BCUT2D eigenvalue weighted by Crippen LogP contribution is -2.18. The highest BCUT2D eigenvalue weighted by molar-refractivity contribution is 5.91. The monoisotopic (exact) mass is 415 g/mol. The first-order chi connectivity index (χ1) is 15.2. The smallest absolute Gasteiger partial charge is 0.250 e. The minimum atomic E-state index is -0.0473. The van der Waals surface area contributed by atoms with Gasteiger partial charge in [-0.2, -0.15) is 0 Å². The van der Waals surface area contributed by atoms with Gasteiger partial charge in [0, 0.05) is 50.1 Å². The van der Waals surface area contributed by atoms with Crippen molar-refractivity contribution in [2.75, 3.05) is 13.2 Å². The highest BCUT2D eigenvalue weighted by atomic mass is 16.5. The number of imidazole rings is 1. The Morgan fingerprint density at radius 3 is 2.68 bits per heavy atom. The van der Waals surface area contributed by atoms with E-state index in [0.29, 0.717) is 11.7 Å². The largest absolute Gasteiger partial charge is 0.454 e. The Labute approximate surface area is 180 Å². The van der Waals surface area contributed by atoms with Gasteiger partial charge < -0.3 is 19.0 Å². The molecule has 1 aliphatic rings. The van der Waals surface area contributed by atoms with Crippen molar-refractivity contribution in [1.82, 2.24) is 14.5 Å². The zero-order valence-corrected chi connectivity index (χ0v) is 17.5. The average Bonchev–Trinajstić information content (AvgIpc) is 3.20. The number of H-pyrrole nitrogens is 1. The molecule has 1 N–H and O–H groups in total. The summed E-state index contributed by atoms with van der Waals surface area (Å²) in [5.41, 5.74) is 3.51. The summed E-state index contributed by atoms with van der Waals surface area (Å²) in [6.07, 6.45) is 4.86.